The standard InChI is InChI=1S/C19H18ClN3O3/c1-13(24)23(17-6-4-3-5-14(17)12-21)10-9-19(25)22-15-7-8-18(26-2)16(20)11-15/h3-8,11H,9-10H2,1-2H3,(H,22,25). The summed E-state index contributed by atoms with van der Waals surface area (Å²) >= 11 is 6.04. The van der Waals surface area contributed by atoms with Gasteiger partial charge in [0.15, 0.2) is 0 Å². The number of anilines is 2. The highest BCUT2D eigenvalue weighted by Crippen LogP contribution is 2.27. The van der Waals surface area contributed by atoms with Crippen molar-refractivity contribution in [1.82, 2.24) is 0 Å². The first kappa shape index (κ1) is 19.3. The number of methoxy groups -OCH3 is 1. The van der Waals surface area contributed by atoms with Crippen molar-refractivity contribution in [2.45, 2.75) is 13.3 Å². The van der Waals surface area contributed by atoms with Gasteiger partial charge in [-0.05, 0) is 30.3 Å². The van der Waals surface area contributed by atoms with Crippen LogP contribution in [0.15, 0.2) is 42.5 Å². The molecule has 2 aromatic carbocycles. The number of carbonyl (C=O) groups is 2. The predicted octanol–water partition coefficient (Wildman–Crippen LogP) is 3.60. The summed E-state index contributed by atoms with van der Waals surface area (Å²) in [6.45, 7) is 1.55. The molecular formula is C19H18ClN3O3. The molecule has 0 fully saturated rings. The minimum atomic E-state index is -0.271. The minimum Gasteiger partial charge on any atom is -0.495 e. The fraction of sp³-hybridized carbons (Fsp3) is 0.211. The Morgan fingerprint density at radius 2 is 2.00 bits per heavy atom. The van der Waals surface area contributed by atoms with Crippen molar-refractivity contribution in [2.75, 3.05) is 23.9 Å². The lowest BCUT2D eigenvalue weighted by molar-refractivity contribution is -0.117. The highest BCUT2D eigenvalue weighted by atomic mass is 35.5. The monoisotopic (exact) mass is 371 g/mol. The van der Waals surface area contributed by atoms with Gasteiger partial charge in [0.05, 0.1) is 23.4 Å². The Labute approximate surface area is 156 Å². The summed E-state index contributed by atoms with van der Waals surface area (Å²) in [6.07, 6.45) is 0.0724. The summed E-state index contributed by atoms with van der Waals surface area (Å²) in [5, 5.41) is 12.3. The van der Waals surface area contributed by atoms with Crippen LogP contribution in [-0.4, -0.2) is 25.5 Å². The number of para-hydroxylation sites is 1. The average Bonchev–Trinajstić information content (AvgIpc) is 2.62. The number of halogens is 1. The molecule has 0 aliphatic rings. The van der Waals surface area contributed by atoms with Crippen LogP contribution in [0, 0.1) is 11.3 Å². The second-order valence-electron chi connectivity index (χ2n) is 5.45. The van der Waals surface area contributed by atoms with Crippen LogP contribution >= 0.6 is 11.6 Å². The lowest BCUT2D eigenvalue weighted by Gasteiger charge is -2.22. The summed E-state index contributed by atoms with van der Waals surface area (Å²) in [6, 6.07) is 13.8. The molecule has 0 radical (unpaired) electrons. The molecule has 2 rings (SSSR count). The van der Waals surface area contributed by atoms with Gasteiger partial charge in [0.25, 0.3) is 0 Å². The van der Waals surface area contributed by atoms with Crippen molar-refractivity contribution in [3.05, 3.63) is 53.1 Å². The molecule has 0 aliphatic carbocycles. The third-order valence-corrected chi connectivity index (χ3v) is 3.99. The Balaban J connectivity index is 2.05. The Morgan fingerprint density at radius 3 is 2.62 bits per heavy atom. The topological polar surface area (TPSA) is 82.4 Å². The lowest BCUT2D eigenvalue weighted by Crippen LogP contribution is -2.32. The largest absolute Gasteiger partial charge is 0.495 e. The van der Waals surface area contributed by atoms with Crippen LogP contribution in [0.3, 0.4) is 0 Å². The highest BCUT2D eigenvalue weighted by Gasteiger charge is 2.16. The molecule has 0 unspecified atom stereocenters. The van der Waals surface area contributed by atoms with Crippen LogP contribution in [0.25, 0.3) is 0 Å². The van der Waals surface area contributed by atoms with Gasteiger partial charge < -0.3 is 15.0 Å². The fourth-order valence-corrected chi connectivity index (χ4v) is 2.69. The second-order valence-corrected chi connectivity index (χ2v) is 5.85. The number of hydrogen-bond donors (Lipinski definition) is 1. The molecule has 0 heterocycles. The Morgan fingerprint density at radius 1 is 1.27 bits per heavy atom. The summed E-state index contributed by atoms with van der Waals surface area (Å²) in [4.78, 5) is 25.6. The first-order valence-electron chi connectivity index (χ1n) is 7.87. The first-order chi connectivity index (χ1) is 12.5. The van der Waals surface area contributed by atoms with Crippen LogP contribution in [0.5, 0.6) is 5.75 Å². The molecule has 2 amide bonds. The maximum absolute atomic E-state index is 12.2. The Kier molecular flexibility index (Phi) is 6.59. The molecule has 0 atom stereocenters. The number of nitrogens with zero attached hydrogens (tertiary/aromatic N) is 2. The van der Waals surface area contributed by atoms with E-state index in [4.69, 9.17) is 16.3 Å². The molecule has 26 heavy (non-hydrogen) atoms. The summed E-state index contributed by atoms with van der Waals surface area (Å²) < 4.78 is 5.07. The predicted molar refractivity (Wildman–Crippen MR) is 100 cm³/mol. The van der Waals surface area contributed by atoms with Crippen molar-refractivity contribution in [1.29, 1.82) is 5.26 Å². The van der Waals surface area contributed by atoms with Gasteiger partial charge in [-0.1, -0.05) is 23.7 Å². The van der Waals surface area contributed by atoms with Crippen LogP contribution in [0.1, 0.15) is 18.9 Å². The van der Waals surface area contributed by atoms with E-state index in [9.17, 15) is 14.9 Å². The first-order valence-corrected chi connectivity index (χ1v) is 8.24. The van der Waals surface area contributed by atoms with Gasteiger partial charge in [-0.2, -0.15) is 5.26 Å². The van der Waals surface area contributed by atoms with Gasteiger partial charge in [0.1, 0.15) is 11.8 Å². The third kappa shape index (κ3) is 4.74. The molecular weight excluding hydrogens is 354 g/mol. The van der Waals surface area contributed by atoms with Crippen LogP contribution in [-0.2, 0) is 9.59 Å². The zero-order valence-electron chi connectivity index (χ0n) is 14.5. The number of rotatable bonds is 6. The summed E-state index contributed by atoms with van der Waals surface area (Å²) in [5.41, 5.74) is 1.40. The molecule has 0 aliphatic heterocycles. The van der Waals surface area contributed by atoms with E-state index in [2.05, 4.69) is 11.4 Å². The van der Waals surface area contributed by atoms with Crippen LogP contribution in [0.4, 0.5) is 11.4 Å². The van der Waals surface area contributed by atoms with Crippen molar-refractivity contribution in [2.24, 2.45) is 0 Å². The van der Waals surface area contributed by atoms with Crippen molar-refractivity contribution < 1.29 is 14.3 Å². The van der Waals surface area contributed by atoms with Gasteiger partial charge >= 0.3 is 0 Å². The second kappa shape index (κ2) is 8.88. The van der Waals surface area contributed by atoms with Crippen LogP contribution in [0.2, 0.25) is 5.02 Å². The zero-order chi connectivity index (χ0) is 19.1. The molecule has 0 spiro atoms. The molecule has 0 saturated carbocycles. The molecule has 7 heteroatoms. The quantitative estimate of drug-likeness (QED) is 0.840. The fourth-order valence-electron chi connectivity index (χ4n) is 2.43. The van der Waals surface area contributed by atoms with Gasteiger partial charge in [-0.15, -0.1) is 0 Å². The van der Waals surface area contributed by atoms with E-state index in [-0.39, 0.29) is 24.8 Å². The number of carbonyl (C=O) groups excluding carboxylic acids is 2. The van der Waals surface area contributed by atoms with E-state index in [0.29, 0.717) is 27.7 Å². The van der Waals surface area contributed by atoms with Crippen molar-refractivity contribution in [3.63, 3.8) is 0 Å². The third-order valence-electron chi connectivity index (χ3n) is 3.69. The van der Waals surface area contributed by atoms with E-state index < -0.39 is 0 Å². The van der Waals surface area contributed by atoms with E-state index in [1.54, 1.807) is 42.5 Å². The minimum absolute atomic E-state index is 0.0724. The van der Waals surface area contributed by atoms with E-state index in [1.165, 1.54) is 18.9 Å². The number of amides is 2. The lowest BCUT2D eigenvalue weighted by atomic mass is 10.1. The van der Waals surface area contributed by atoms with Gasteiger partial charge in [-0.3, -0.25) is 9.59 Å². The number of nitriles is 1. The summed E-state index contributed by atoms with van der Waals surface area (Å²) in [7, 11) is 1.51. The van der Waals surface area contributed by atoms with Gasteiger partial charge in [0.2, 0.25) is 11.8 Å². The highest BCUT2D eigenvalue weighted by molar-refractivity contribution is 6.32. The molecule has 1 N–H and O–H groups in total. The number of benzene rings is 2. The molecule has 0 aromatic heterocycles. The molecule has 134 valence electrons. The maximum atomic E-state index is 12.2. The molecule has 0 saturated heterocycles. The number of ether oxygens (including phenoxy) is 1. The number of nitrogens with one attached hydrogen (secondary N) is 1. The number of hydrogen-bond acceptors (Lipinski definition) is 4. The zero-order valence-corrected chi connectivity index (χ0v) is 15.2. The Bertz CT molecular complexity index is 861. The maximum Gasteiger partial charge on any atom is 0.226 e. The summed E-state index contributed by atoms with van der Waals surface area (Å²) in [5.74, 6) is 0.000412. The van der Waals surface area contributed by atoms with Crippen LogP contribution < -0.4 is 15.0 Å². The SMILES string of the molecule is COc1ccc(NC(=O)CCN(C(C)=O)c2ccccc2C#N)cc1Cl. The van der Waals surface area contributed by atoms with E-state index in [1.807, 2.05) is 0 Å². The average molecular weight is 372 g/mol. The van der Waals surface area contributed by atoms with Gasteiger partial charge in [0, 0.05) is 25.6 Å². The Hall–Kier alpha value is -3.04. The normalized spacial score (nSPS) is 9.92. The van der Waals surface area contributed by atoms with E-state index in [0.717, 1.165) is 0 Å². The molecule has 6 nitrogen and oxygen atoms in total. The van der Waals surface area contributed by atoms with Crippen molar-refractivity contribution in [3.8, 4) is 11.8 Å². The van der Waals surface area contributed by atoms with Gasteiger partial charge in [-0.25, -0.2) is 0 Å². The smallest absolute Gasteiger partial charge is 0.226 e. The van der Waals surface area contributed by atoms with Crippen molar-refractivity contribution >= 4 is 34.8 Å². The van der Waals surface area contributed by atoms with E-state index >= 15 is 0 Å². The molecule has 0 bridgehead atoms. The molecule has 2 aromatic rings.